The van der Waals surface area contributed by atoms with E-state index in [9.17, 15) is 4.79 Å². The number of hydrogen-bond donors (Lipinski definition) is 0. The topological polar surface area (TPSA) is 36.0 Å². The molecule has 4 rings (SSSR count). The molecule has 2 saturated heterocycles. The molecule has 0 aromatic heterocycles. The molecule has 1 spiro atoms. The summed E-state index contributed by atoms with van der Waals surface area (Å²) in [4.78, 5) is 19.7. The second-order valence-corrected chi connectivity index (χ2v) is 9.47. The van der Waals surface area contributed by atoms with Crippen LogP contribution in [0.4, 0.5) is 0 Å². The molecular weight excluding hydrogens is 350 g/mol. The summed E-state index contributed by atoms with van der Waals surface area (Å²) in [5.41, 5.74) is 2.96. The Labute approximate surface area is 169 Å². The number of hydrogen-bond acceptors (Lipinski definition) is 4. The fourth-order valence-corrected chi connectivity index (χ4v) is 5.31. The molecule has 1 aromatic rings. The molecule has 1 unspecified atom stereocenters. The lowest BCUT2D eigenvalue weighted by Crippen LogP contribution is -2.45. The van der Waals surface area contributed by atoms with Gasteiger partial charge in [0.1, 0.15) is 0 Å². The summed E-state index contributed by atoms with van der Waals surface area (Å²) >= 11 is 0. The number of carbonyl (C=O) groups is 1. The lowest BCUT2D eigenvalue weighted by molar-refractivity contribution is -0.133. The number of benzene rings is 1. The van der Waals surface area contributed by atoms with E-state index in [1.54, 1.807) is 0 Å². The second kappa shape index (κ2) is 8.52. The van der Waals surface area contributed by atoms with Crippen LogP contribution in [0.5, 0.6) is 0 Å². The summed E-state index contributed by atoms with van der Waals surface area (Å²) in [5.74, 6) is 1.03. The first-order valence-electron chi connectivity index (χ1n) is 10.8. The minimum absolute atomic E-state index is 0.194. The van der Waals surface area contributed by atoms with E-state index < -0.39 is 0 Å². The highest BCUT2D eigenvalue weighted by Crippen LogP contribution is 2.39. The smallest absolute Gasteiger partial charge is 0.237 e. The molecule has 0 radical (unpaired) electrons. The number of rotatable bonds is 4. The van der Waals surface area contributed by atoms with Crippen LogP contribution in [0.15, 0.2) is 24.3 Å². The van der Waals surface area contributed by atoms with Gasteiger partial charge in [-0.3, -0.25) is 4.79 Å². The van der Waals surface area contributed by atoms with Crippen molar-refractivity contribution < 1.29 is 9.53 Å². The van der Waals surface area contributed by atoms with Gasteiger partial charge in [-0.15, -0.1) is 0 Å². The fraction of sp³-hybridized carbons (Fsp3) is 0.696. The van der Waals surface area contributed by atoms with Crippen molar-refractivity contribution in [3.63, 3.8) is 0 Å². The van der Waals surface area contributed by atoms with E-state index in [0.717, 1.165) is 51.7 Å². The maximum atomic E-state index is 13.0. The largest absolute Gasteiger partial charge is 0.381 e. The monoisotopic (exact) mass is 385 g/mol. The lowest BCUT2D eigenvalue weighted by atomic mass is 9.80. The quantitative estimate of drug-likeness (QED) is 0.797. The maximum Gasteiger partial charge on any atom is 0.237 e. The van der Waals surface area contributed by atoms with Crippen molar-refractivity contribution in [2.75, 3.05) is 60.0 Å². The molecule has 1 amide bonds. The van der Waals surface area contributed by atoms with Gasteiger partial charge in [0, 0.05) is 44.8 Å². The molecule has 0 saturated carbocycles. The third-order valence-corrected chi connectivity index (χ3v) is 6.75. The molecule has 0 bridgehead atoms. The minimum atomic E-state index is 0.194. The molecule has 3 aliphatic rings. The van der Waals surface area contributed by atoms with Crippen LogP contribution >= 0.6 is 0 Å². The number of carbonyl (C=O) groups excluding carboxylic acids is 1. The molecule has 2 fully saturated rings. The van der Waals surface area contributed by atoms with Crippen LogP contribution in [0.1, 0.15) is 30.4 Å². The zero-order valence-corrected chi connectivity index (χ0v) is 17.5. The van der Waals surface area contributed by atoms with Crippen LogP contribution in [0, 0.1) is 11.3 Å². The molecule has 28 heavy (non-hydrogen) atoms. The average Bonchev–Trinajstić information content (AvgIpc) is 2.96. The van der Waals surface area contributed by atoms with Crippen molar-refractivity contribution in [2.24, 2.45) is 11.3 Å². The van der Waals surface area contributed by atoms with Crippen LogP contribution in [-0.4, -0.2) is 80.6 Å². The zero-order valence-electron chi connectivity index (χ0n) is 17.5. The van der Waals surface area contributed by atoms with E-state index in [0.29, 0.717) is 6.54 Å². The number of amides is 1. The Bertz CT molecular complexity index is 686. The van der Waals surface area contributed by atoms with Gasteiger partial charge in [-0.05, 0) is 63.4 Å². The Morgan fingerprint density at radius 3 is 2.68 bits per heavy atom. The summed E-state index contributed by atoms with van der Waals surface area (Å²) < 4.78 is 5.53. The SMILES string of the molecule is CN(C)CC(=O)N1Cc2ccccc2CC2(CCN(CC3CCOCC3)C2)C1. The normalized spacial score (nSPS) is 26.6. The van der Waals surface area contributed by atoms with E-state index in [1.807, 2.05) is 19.0 Å². The summed E-state index contributed by atoms with van der Waals surface area (Å²) in [7, 11) is 3.95. The number of likely N-dealkylation sites (N-methyl/N-ethyl adjacent to an activating group) is 1. The molecule has 154 valence electrons. The average molecular weight is 386 g/mol. The summed E-state index contributed by atoms with van der Waals surface area (Å²) in [6, 6.07) is 8.74. The predicted octanol–water partition coefficient (Wildman–Crippen LogP) is 2.25. The van der Waals surface area contributed by atoms with Crippen LogP contribution in [0.2, 0.25) is 0 Å². The van der Waals surface area contributed by atoms with E-state index in [4.69, 9.17) is 4.74 Å². The van der Waals surface area contributed by atoms with Gasteiger partial charge in [0.15, 0.2) is 0 Å². The van der Waals surface area contributed by atoms with E-state index >= 15 is 0 Å². The summed E-state index contributed by atoms with van der Waals surface area (Å²) in [6.07, 6.45) is 4.68. The number of nitrogens with zero attached hydrogens (tertiary/aromatic N) is 3. The number of ether oxygens (including phenoxy) is 1. The Kier molecular flexibility index (Phi) is 6.04. The standard InChI is InChI=1S/C23H35N3O2/c1-24(2)16-22(27)26-15-21-6-4-3-5-20(21)13-23(18-26)9-10-25(17-23)14-19-7-11-28-12-8-19/h3-6,19H,7-18H2,1-2H3. The fourth-order valence-electron chi connectivity index (χ4n) is 5.31. The summed E-state index contributed by atoms with van der Waals surface area (Å²) in [5, 5.41) is 0. The third kappa shape index (κ3) is 4.58. The number of likely N-dealkylation sites (tertiary alicyclic amines) is 1. The highest BCUT2D eigenvalue weighted by molar-refractivity contribution is 5.78. The van der Waals surface area contributed by atoms with Gasteiger partial charge in [-0.1, -0.05) is 24.3 Å². The first-order chi connectivity index (χ1) is 13.5. The Hall–Kier alpha value is -1.43. The number of fused-ring (bicyclic) bond motifs is 1. The molecule has 1 aromatic carbocycles. The highest BCUT2D eigenvalue weighted by Gasteiger charge is 2.42. The van der Waals surface area contributed by atoms with Crippen molar-refractivity contribution in [3.05, 3.63) is 35.4 Å². The van der Waals surface area contributed by atoms with Crippen LogP contribution in [0.25, 0.3) is 0 Å². The van der Waals surface area contributed by atoms with Gasteiger partial charge in [0.05, 0.1) is 6.54 Å². The van der Waals surface area contributed by atoms with Crippen molar-refractivity contribution in [3.8, 4) is 0 Å². The zero-order chi connectivity index (χ0) is 19.6. The molecule has 0 N–H and O–H groups in total. The van der Waals surface area contributed by atoms with Gasteiger partial charge in [0.2, 0.25) is 5.91 Å². The first-order valence-corrected chi connectivity index (χ1v) is 10.8. The molecule has 5 heteroatoms. The molecule has 0 aliphatic carbocycles. The molecule has 1 atom stereocenters. The predicted molar refractivity (Wildman–Crippen MR) is 111 cm³/mol. The maximum absolute atomic E-state index is 13.0. The van der Waals surface area contributed by atoms with Crippen molar-refractivity contribution >= 4 is 5.91 Å². The Balaban J connectivity index is 1.51. The van der Waals surface area contributed by atoms with Crippen LogP contribution in [-0.2, 0) is 22.5 Å². The molecular formula is C23H35N3O2. The Morgan fingerprint density at radius 1 is 1.18 bits per heavy atom. The van der Waals surface area contributed by atoms with Gasteiger partial charge in [-0.25, -0.2) is 0 Å². The van der Waals surface area contributed by atoms with Crippen molar-refractivity contribution in [2.45, 2.75) is 32.2 Å². The first kappa shape index (κ1) is 19.9. The van der Waals surface area contributed by atoms with Crippen LogP contribution < -0.4 is 0 Å². The van der Waals surface area contributed by atoms with E-state index in [-0.39, 0.29) is 11.3 Å². The second-order valence-electron chi connectivity index (χ2n) is 9.47. The van der Waals surface area contributed by atoms with Gasteiger partial charge in [0.25, 0.3) is 0 Å². The minimum Gasteiger partial charge on any atom is -0.381 e. The Morgan fingerprint density at radius 2 is 1.93 bits per heavy atom. The highest BCUT2D eigenvalue weighted by atomic mass is 16.5. The van der Waals surface area contributed by atoms with Gasteiger partial charge in [-0.2, -0.15) is 0 Å². The van der Waals surface area contributed by atoms with Gasteiger partial charge < -0.3 is 19.4 Å². The summed E-state index contributed by atoms with van der Waals surface area (Å²) in [6.45, 7) is 7.44. The van der Waals surface area contributed by atoms with Crippen molar-refractivity contribution in [1.82, 2.24) is 14.7 Å². The third-order valence-electron chi connectivity index (χ3n) is 6.75. The molecule has 3 heterocycles. The lowest BCUT2D eigenvalue weighted by Gasteiger charge is -2.34. The van der Waals surface area contributed by atoms with Gasteiger partial charge >= 0.3 is 0 Å². The molecule has 5 nitrogen and oxygen atoms in total. The molecule has 3 aliphatic heterocycles. The van der Waals surface area contributed by atoms with E-state index in [1.165, 1.54) is 36.9 Å². The van der Waals surface area contributed by atoms with Crippen LogP contribution in [0.3, 0.4) is 0 Å². The van der Waals surface area contributed by atoms with E-state index in [2.05, 4.69) is 34.1 Å². The van der Waals surface area contributed by atoms with Crippen molar-refractivity contribution in [1.29, 1.82) is 0 Å².